The second kappa shape index (κ2) is 3.04. The fraction of sp³-hybridized carbons (Fsp3) is 0.600. The molecule has 2 N–H and O–H groups in total. The van der Waals surface area contributed by atoms with Crippen LogP contribution < -0.4 is 0 Å². The van der Waals surface area contributed by atoms with E-state index in [4.69, 9.17) is 0 Å². The molecule has 0 aromatic carbocycles. The Hall–Kier alpha value is -0.600. The highest BCUT2D eigenvalue weighted by Crippen LogP contribution is 2.33. The second-order valence-corrected chi connectivity index (χ2v) is 3.96. The molecule has 1 rings (SSSR count). The maximum atomic E-state index is 9.59. The lowest BCUT2D eigenvalue weighted by Gasteiger charge is -2.36. The van der Waals surface area contributed by atoms with Crippen molar-refractivity contribution in [2.24, 2.45) is 5.41 Å². The summed E-state index contributed by atoms with van der Waals surface area (Å²) in [5.74, 6) is 0. The van der Waals surface area contributed by atoms with Crippen LogP contribution >= 0.6 is 0 Å². The van der Waals surface area contributed by atoms with Crippen molar-refractivity contribution in [2.45, 2.75) is 32.5 Å². The van der Waals surface area contributed by atoms with Gasteiger partial charge in [-0.05, 0) is 5.57 Å². The molecular weight excluding hydrogens is 152 g/mol. The number of aliphatic hydroxyl groups is 2. The third-order valence-corrected chi connectivity index (χ3v) is 2.39. The molecule has 0 heterocycles. The van der Waals surface area contributed by atoms with Crippen molar-refractivity contribution in [1.82, 2.24) is 0 Å². The minimum atomic E-state index is -0.666. The molecule has 2 heteroatoms. The molecule has 0 radical (unpaired) electrons. The molecule has 12 heavy (non-hydrogen) atoms. The Balaban J connectivity index is 2.94. The zero-order valence-corrected chi connectivity index (χ0v) is 7.62. The third kappa shape index (κ3) is 1.59. The van der Waals surface area contributed by atoms with Crippen LogP contribution in [0.25, 0.3) is 0 Å². The van der Waals surface area contributed by atoms with Crippen LogP contribution in [-0.2, 0) is 0 Å². The van der Waals surface area contributed by atoms with Crippen molar-refractivity contribution >= 4 is 0 Å². The molecular formula is C10H16O2. The van der Waals surface area contributed by atoms with Crippen LogP contribution in [0.5, 0.6) is 0 Å². The van der Waals surface area contributed by atoms with E-state index in [1.54, 1.807) is 6.08 Å². The van der Waals surface area contributed by atoms with Gasteiger partial charge >= 0.3 is 0 Å². The predicted octanol–water partition coefficient (Wildman–Crippen LogP) is 1.25. The molecule has 0 saturated heterocycles. The Labute approximate surface area is 73.2 Å². The number of hydrogen-bond acceptors (Lipinski definition) is 2. The summed E-state index contributed by atoms with van der Waals surface area (Å²) in [6.07, 6.45) is 2.89. The van der Waals surface area contributed by atoms with E-state index < -0.39 is 12.2 Å². The van der Waals surface area contributed by atoms with E-state index in [1.807, 2.05) is 19.9 Å². The summed E-state index contributed by atoms with van der Waals surface area (Å²) in [5.41, 5.74) is 0.666. The SMILES string of the molecule is C=CC1=CC(C)(C)[C@@H](O)[C@H](O)C1. The predicted molar refractivity (Wildman–Crippen MR) is 48.7 cm³/mol. The van der Waals surface area contributed by atoms with Gasteiger partial charge in [-0.2, -0.15) is 0 Å². The Morgan fingerprint density at radius 2 is 2.17 bits per heavy atom. The van der Waals surface area contributed by atoms with Crippen molar-refractivity contribution < 1.29 is 10.2 Å². The van der Waals surface area contributed by atoms with Gasteiger partial charge in [-0.15, -0.1) is 0 Å². The van der Waals surface area contributed by atoms with E-state index in [1.165, 1.54) is 0 Å². The lowest BCUT2D eigenvalue weighted by molar-refractivity contribution is -0.0395. The standard InChI is InChI=1S/C10H16O2/c1-4-7-5-8(11)9(12)10(2,3)6-7/h4,6,8-9,11-12H,1,5H2,2-3H3/t8-,9+/m1/s1. The molecule has 0 aromatic rings. The Morgan fingerprint density at radius 1 is 1.58 bits per heavy atom. The van der Waals surface area contributed by atoms with Gasteiger partial charge in [0.1, 0.15) is 0 Å². The van der Waals surface area contributed by atoms with Gasteiger partial charge in [0.2, 0.25) is 0 Å². The highest BCUT2D eigenvalue weighted by atomic mass is 16.3. The highest BCUT2D eigenvalue weighted by Gasteiger charge is 2.35. The van der Waals surface area contributed by atoms with Gasteiger partial charge in [-0.25, -0.2) is 0 Å². The molecule has 0 saturated carbocycles. The third-order valence-electron chi connectivity index (χ3n) is 2.39. The van der Waals surface area contributed by atoms with Crippen molar-refractivity contribution in [2.75, 3.05) is 0 Å². The maximum Gasteiger partial charge on any atom is 0.0887 e. The van der Waals surface area contributed by atoms with Crippen molar-refractivity contribution in [3.8, 4) is 0 Å². The number of allylic oxidation sites excluding steroid dienone is 1. The molecule has 0 aromatic heterocycles. The largest absolute Gasteiger partial charge is 0.390 e. The zero-order valence-electron chi connectivity index (χ0n) is 7.62. The van der Waals surface area contributed by atoms with Crippen LogP contribution in [0.1, 0.15) is 20.3 Å². The molecule has 2 nitrogen and oxygen atoms in total. The summed E-state index contributed by atoms with van der Waals surface area (Å²) in [5, 5.41) is 19.1. The van der Waals surface area contributed by atoms with E-state index in [0.29, 0.717) is 6.42 Å². The Bertz CT molecular complexity index is 216. The van der Waals surface area contributed by atoms with Gasteiger partial charge in [-0.1, -0.05) is 32.6 Å². The van der Waals surface area contributed by atoms with Crippen molar-refractivity contribution in [3.05, 3.63) is 24.3 Å². The molecule has 68 valence electrons. The molecule has 0 unspecified atom stereocenters. The van der Waals surface area contributed by atoms with Gasteiger partial charge in [-0.3, -0.25) is 0 Å². The topological polar surface area (TPSA) is 40.5 Å². The molecule has 1 aliphatic rings. The fourth-order valence-electron chi connectivity index (χ4n) is 1.61. The first-order valence-electron chi connectivity index (χ1n) is 4.17. The van der Waals surface area contributed by atoms with Crippen LogP contribution in [-0.4, -0.2) is 22.4 Å². The van der Waals surface area contributed by atoms with E-state index in [2.05, 4.69) is 6.58 Å². The number of hydrogen-bond donors (Lipinski definition) is 2. The molecule has 0 aliphatic heterocycles. The first-order valence-corrected chi connectivity index (χ1v) is 4.17. The smallest absolute Gasteiger partial charge is 0.0887 e. The van der Waals surface area contributed by atoms with E-state index in [-0.39, 0.29) is 5.41 Å². The lowest BCUT2D eigenvalue weighted by Crippen LogP contribution is -2.41. The summed E-state index contributed by atoms with van der Waals surface area (Å²) in [6, 6.07) is 0. The van der Waals surface area contributed by atoms with Crippen LogP contribution in [0.4, 0.5) is 0 Å². The van der Waals surface area contributed by atoms with Gasteiger partial charge in [0.05, 0.1) is 12.2 Å². The highest BCUT2D eigenvalue weighted by molar-refractivity contribution is 5.25. The zero-order chi connectivity index (χ0) is 9.35. The van der Waals surface area contributed by atoms with Gasteiger partial charge in [0, 0.05) is 11.8 Å². The second-order valence-electron chi connectivity index (χ2n) is 3.96. The molecule has 1 aliphatic carbocycles. The minimum Gasteiger partial charge on any atom is -0.390 e. The Kier molecular flexibility index (Phi) is 2.40. The van der Waals surface area contributed by atoms with Crippen LogP contribution in [0, 0.1) is 5.41 Å². The van der Waals surface area contributed by atoms with Crippen molar-refractivity contribution in [3.63, 3.8) is 0 Å². The average molecular weight is 168 g/mol. The Morgan fingerprint density at radius 3 is 2.58 bits per heavy atom. The molecule has 0 bridgehead atoms. The number of rotatable bonds is 1. The minimum absolute atomic E-state index is 0.346. The van der Waals surface area contributed by atoms with Gasteiger partial charge < -0.3 is 10.2 Å². The first kappa shape index (κ1) is 9.49. The lowest BCUT2D eigenvalue weighted by atomic mass is 9.75. The molecule has 0 amide bonds. The average Bonchev–Trinajstić information content (AvgIpc) is 1.99. The monoisotopic (exact) mass is 168 g/mol. The van der Waals surface area contributed by atoms with Crippen LogP contribution in [0.15, 0.2) is 24.3 Å². The fourth-order valence-corrected chi connectivity index (χ4v) is 1.61. The van der Waals surface area contributed by atoms with Crippen LogP contribution in [0.3, 0.4) is 0 Å². The van der Waals surface area contributed by atoms with E-state index in [9.17, 15) is 10.2 Å². The molecule has 2 atom stereocenters. The summed E-state index contributed by atoms with van der Waals surface area (Å²) in [6.45, 7) is 7.46. The summed E-state index contributed by atoms with van der Waals surface area (Å²) >= 11 is 0. The number of aliphatic hydroxyl groups excluding tert-OH is 2. The maximum absolute atomic E-state index is 9.59. The summed E-state index contributed by atoms with van der Waals surface area (Å²) in [4.78, 5) is 0. The van der Waals surface area contributed by atoms with Gasteiger partial charge in [0.15, 0.2) is 0 Å². The van der Waals surface area contributed by atoms with Crippen LogP contribution in [0.2, 0.25) is 0 Å². The normalized spacial score (nSPS) is 34.2. The summed E-state index contributed by atoms with van der Waals surface area (Å²) < 4.78 is 0. The van der Waals surface area contributed by atoms with E-state index >= 15 is 0 Å². The van der Waals surface area contributed by atoms with Crippen molar-refractivity contribution in [1.29, 1.82) is 0 Å². The summed E-state index contributed by atoms with van der Waals surface area (Å²) in [7, 11) is 0. The first-order chi connectivity index (χ1) is 5.47. The van der Waals surface area contributed by atoms with Gasteiger partial charge in [0.25, 0.3) is 0 Å². The van der Waals surface area contributed by atoms with E-state index in [0.717, 1.165) is 5.57 Å². The molecule has 0 spiro atoms. The molecule has 0 fully saturated rings. The quantitative estimate of drug-likeness (QED) is 0.618.